The number of aromatic nitrogens is 2. The van der Waals surface area contributed by atoms with Gasteiger partial charge in [0.15, 0.2) is 0 Å². The average molecular weight is 444 g/mol. The molecule has 1 amide bonds. The number of ether oxygens (including phenoxy) is 1. The van der Waals surface area contributed by atoms with Crippen molar-refractivity contribution in [3.05, 3.63) is 81.8 Å². The Balaban J connectivity index is 1.75. The molecule has 0 aliphatic carbocycles. The summed E-state index contributed by atoms with van der Waals surface area (Å²) >= 11 is 0. The maximum atomic E-state index is 13.4. The maximum absolute atomic E-state index is 13.4. The summed E-state index contributed by atoms with van der Waals surface area (Å²) in [6, 6.07) is 16.6. The largest absolute Gasteiger partial charge is 0.372 e. The summed E-state index contributed by atoms with van der Waals surface area (Å²) in [5.74, 6) is -0.106. The third-order valence-electron chi connectivity index (χ3n) is 5.42. The fourth-order valence-electron chi connectivity index (χ4n) is 3.98. The van der Waals surface area contributed by atoms with Gasteiger partial charge < -0.3 is 15.0 Å². The van der Waals surface area contributed by atoms with Crippen molar-refractivity contribution in [2.75, 3.05) is 18.0 Å². The van der Waals surface area contributed by atoms with Crippen LogP contribution in [0.3, 0.4) is 0 Å². The molecule has 1 aliphatic rings. The quantitative estimate of drug-likeness (QED) is 0.481. The fraction of sp³-hybridized carbons (Fsp3) is 0.280. The topological polar surface area (TPSA) is 99.7 Å². The first-order chi connectivity index (χ1) is 16.0. The van der Waals surface area contributed by atoms with Crippen LogP contribution >= 0.6 is 0 Å². The van der Waals surface area contributed by atoms with E-state index in [1.54, 1.807) is 18.3 Å². The Morgan fingerprint density at radius 1 is 1.18 bits per heavy atom. The van der Waals surface area contributed by atoms with E-state index >= 15 is 0 Å². The van der Waals surface area contributed by atoms with E-state index in [4.69, 9.17) is 9.72 Å². The molecule has 0 bridgehead atoms. The van der Waals surface area contributed by atoms with Crippen molar-refractivity contribution in [3.63, 3.8) is 0 Å². The van der Waals surface area contributed by atoms with Crippen LogP contribution in [0.15, 0.2) is 65.1 Å². The molecular formula is C25H25N5O3. The number of amides is 1. The van der Waals surface area contributed by atoms with Gasteiger partial charge in [-0.05, 0) is 37.6 Å². The molecular weight excluding hydrogens is 418 g/mol. The number of nitrogens with zero attached hydrogens (tertiary/aromatic N) is 4. The van der Waals surface area contributed by atoms with Gasteiger partial charge in [0.1, 0.15) is 23.1 Å². The minimum Gasteiger partial charge on any atom is -0.372 e. The van der Waals surface area contributed by atoms with Crippen molar-refractivity contribution in [3.8, 4) is 6.07 Å². The zero-order chi connectivity index (χ0) is 23.4. The molecule has 4 rings (SSSR count). The Kier molecular flexibility index (Phi) is 6.52. The molecule has 168 valence electrons. The molecule has 3 aromatic rings. The average Bonchev–Trinajstić information content (AvgIpc) is 2.82. The number of anilines is 1. The minimum atomic E-state index is -0.548. The molecule has 2 atom stereocenters. The molecule has 1 saturated heterocycles. The summed E-state index contributed by atoms with van der Waals surface area (Å²) in [6.45, 7) is 5.29. The molecule has 2 aromatic heterocycles. The highest BCUT2D eigenvalue weighted by molar-refractivity contribution is 6.02. The molecule has 1 fully saturated rings. The Labute approximate surface area is 191 Å². The number of nitrogens with one attached hydrogen (secondary N) is 1. The van der Waals surface area contributed by atoms with E-state index in [0.717, 1.165) is 5.56 Å². The van der Waals surface area contributed by atoms with Gasteiger partial charge in [0.05, 0.1) is 17.8 Å². The van der Waals surface area contributed by atoms with Crippen molar-refractivity contribution in [2.24, 2.45) is 0 Å². The normalized spacial score (nSPS) is 18.7. The number of hydrogen-bond acceptors (Lipinski definition) is 6. The number of morpholine rings is 1. The van der Waals surface area contributed by atoms with E-state index in [-0.39, 0.29) is 35.4 Å². The number of pyridine rings is 1. The molecule has 1 aliphatic heterocycles. The van der Waals surface area contributed by atoms with Gasteiger partial charge in [0, 0.05) is 25.8 Å². The van der Waals surface area contributed by atoms with Gasteiger partial charge in [0.2, 0.25) is 0 Å². The summed E-state index contributed by atoms with van der Waals surface area (Å²) in [7, 11) is 0. The highest BCUT2D eigenvalue weighted by Gasteiger charge is 2.27. The molecule has 0 spiro atoms. The zero-order valence-corrected chi connectivity index (χ0v) is 18.6. The van der Waals surface area contributed by atoms with Gasteiger partial charge in [-0.3, -0.25) is 14.0 Å². The Hall–Kier alpha value is -3.96. The second kappa shape index (κ2) is 9.67. The molecule has 8 heteroatoms. The highest BCUT2D eigenvalue weighted by atomic mass is 16.5. The fourth-order valence-corrected chi connectivity index (χ4v) is 3.98. The summed E-state index contributed by atoms with van der Waals surface area (Å²) in [6.07, 6.45) is 2.87. The van der Waals surface area contributed by atoms with Gasteiger partial charge in [-0.25, -0.2) is 4.98 Å². The van der Waals surface area contributed by atoms with Crippen LogP contribution in [-0.2, 0) is 16.1 Å². The molecule has 2 unspecified atom stereocenters. The van der Waals surface area contributed by atoms with Crippen LogP contribution in [0.4, 0.5) is 5.82 Å². The monoisotopic (exact) mass is 443 g/mol. The van der Waals surface area contributed by atoms with Crippen LogP contribution in [-0.4, -0.2) is 40.6 Å². The van der Waals surface area contributed by atoms with Crippen LogP contribution < -0.4 is 15.8 Å². The first kappa shape index (κ1) is 22.2. The summed E-state index contributed by atoms with van der Waals surface area (Å²) in [4.78, 5) is 32.8. The van der Waals surface area contributed by atoms with Crippen molar-refractivity contribution < 1.29 is 9.53 Å². The number of benzene rings is 1. The SMILES string of the molecule is CC1CN(c2nc3ccccn3c(=O)c2C=C(C#N)C(=O)NCc2ccccc2)CC(C)O1. The van der Waals surface area contributed by atoms with E-state index < -0.39 is 5.91 Å². The number of fused-ring (bicyclic) bond motifs is 1. The first-order valence-corrected chi connectivity index (χ1v) is 10.8. The van der Waals surface area contributed by atoms with Crippen molar-refractivity contribution in [1.82, 2.24) is 14.7 Å². The summed E-state index contributed by atoms with van der Waals surface area (Å²) in [5.41, 5.74) is 1.11. The molecule has 1 aromatic carbocycles. The number of hydrogen-bond donors (Lipinski definition) is 1. The van der Waals surface area contributed by atoms with Crippen molar-refractivity contribution >= 4 is 23.4 Å². The molecule has 1 N–H and O–H groups in total. The second-order valence-electron chi connectivity index (χ2n) is 8.08. The first-order valence-electron chi connectivity index (χ1n) is 10.8. The summed E-state index contributed by atoms with van der Waals surface area (Å²) in [5, 5.41) is 12.4. The van der Waals surface area contributed by atoms with Crippen LogP contribution in [0.25, 0.3) is 11.7 Å². The third kappa shape index (κ3) is 4.94. The van der Waals surface area contributed by atoms with Gasteiger partial charge >= 0.3 is 0 Å². The van der Waals surface area contributed by atoms with Crippen LogP contribution in [0.2, 0.25) is 0 Å². The van der Waals surface area contributed by atoms with Gasteiger partial charge in [-0.2, -0.15) is 5.26 Å². The molecule has 33 heavy (non-hydrogen) atoms. The Bertz CT molecular complexity index is 1280. The smallest absolute Gasteiger partial charge is 0.267 e. The van der Waals surface area contributed by atoms with Crippen LogP contribution in [0.1, 0.15) is 25.0 Å². The van der Waals surface area contributed by atoms with E-state index in [1.807, 2.05) is 61.2 Å². The van der Waals surface area contributed by atoms with Crippen LogP contribution in [0.5, 0.6) is 0 Å². The zero-order valence-electron chi connectivity index (χ0n) is 18.6. The van der Waals surface area contributed by atoms with Gasteiger partial charge in [0.25, 0.3) is 11.5 Å². The summed E-state index contributed by atoms with van der Waals surface area (Å²) < 4.78 is 7.24. The number of rotatable bonds is 5. The van der Waals surface area contributed by atoms with E-state index in [9.17, 15) is 14.9 Å². The highest BCUT2D eigenvalue weighted by Crippen LogP contribution is 2.23. The standard InChI is InChI=1S/C25H25N5O3/c1-17-15-29(16-18(2)33-17)23-21(25(32)30-11-7-6-10-22(30)28-23)12-20(13-26)24(31)27-14-19-8-4-3-5-9-19/h3-12,17-18H,14-16H2,1-2H3,(H,27,31). The van der Waals surface area contributed by atoms with E-state index in [2.05, 4.69) is 5.32 Å². The third-order valence-corrected chi connectivity index (χ3v) is 5.42. The van der Waals surface area contributed by atoms with Crippen molar-refractivity contribution in [2.45, 2.75) is 32.6 Å². The maximum Gasteiger partial charge on any atom is 0.267 e. The molecule has 8 nitrogen and oxygen atoms in total. The van der Waals surface area contributed by atoms with Gasteiger partial charge in [-0.15, -0.1) is 0 Å². The lowest BCUT2D eigenvalue weighted by atomic mass is 10.1. The van der Waals surface area contributed by atoms with E-state index in [0.29, 0.717) is 24.6 Å². The molecule has 0 radical (unpaired) electrons. The number of nitriles is 1. The van der Waals surface area contributed by atoms with Crippen molar-refractivity contribution in [1.29, 1.82) is 5.26 Å². The lowest BCUT2D eigenvalue weighted by Gasteiger charge is -2.36. The predicted octanol–water partition coefficient (Wildman–Crippen LogP) is 2.53. The second-order valence-corrected chi connectivity index (χ2v) is 8.08. The number of carbonyl (C=O) groups is 1. The predicted molar refractivity (Wildman–Crippen MR) is 126 cm³/mol. The lowest BCUT2D eigenvalue weighted by molar-refractivity contribution is -0.117. The minimum absolute atomic E-state index is 0.0498. The molecule has 3 heterocycles. The lowest BCUT2D eigenvalue weighted by Crippen LogP contribution is -2.46. The van der Waals surface area contributed by atoms with Gasteiger partial charge in [-0.1, -0.05) is 36.4 Å². The Morgan fingerprint density at radius 3 is 2.58 bits per heavy atom. The van der Waals surface area contributed by atoms with Crippen LogP contribution in [0, 0.1) is 11.3 Å². The van der Waals surface area contributed by atoms with E-state index in [1.165, 1.54) is 10.5 Å². The Morgan fingerprint density at radius 2 is 1.88 bits per heavy atom. The number of carbonyl (C=O) groups excluding carboxylic acids is 1. The molecule has 0 saturated carbocycles.